The van der Waals surface area contributed by atoms with Crippen LogP contribution in [0, 0.1) is 5.92 Å². The van der Waals surface area contributed by atoms with Crippen molar-refractivity contribution in [2.75, 3.05) is 40.9 Å². The smallest absolute Gasteiger partial charge is 0.191 e. The van der Waals surface area contributed by atoms with Crippen molar-refractivity contribution in [3.05, 3.63) is 34.9 Å². The van der Waals surface area contributed by atoms with Crippen molar-refractivity contribution in [2.45, 2.75) is 31.8 Å². The first-order valence-corrected chi connectivity index (χ1v) is 9.34. The van der Waals surface area contributed by atoms with Crippen molar-refractivity contribution >= 4 is 17.6 Å². The lowest BCUT2D eigenvalue weighted by Crippen LogP contribution is -2.47. The monoisotopic (exact) mass is 366 g/mol. The van der Waals surface area contributed by atoms with Gasteiger partial charge in [0, 0.05) is 37.8 Å². The van der Waals surface area contributed by atoms with E-state index in [9.17, 15) is 0 Å². The Labute approximate surface area is 156 Å². The molecule has 0 radical (unpaired) electrons. The third kappa shape index (κ3) is 5.87. The SMILES string of the molecule is CN=C(NCC1CCCN(C)C1c1cccc(Cl)c1)NC(C)COC. The van der Waals surface area contributed by atoms with E-state index in [0.717, 1.165) is 24.1 Å². The summed E-state index contributed by atoms with van der Waals surface area (Å²) in [6.45, 7) is 4.73. The molecule has 1 aromatic carbocycles. The highest BCUT2D eigenvalue weighted by Crippen LogP contribution is 2.35. The third-order valence-electron chi connectivity index (χ3n) is 4.75. The van der Waals surface area contributed by atoms with E-state index < -0.39 is 0 Å². The number of likely N-dealkylation sites (tertiary alicyclic amines) is 1. The lowest BCUT2D eigenvalue weighted by Gasteiger charge is -2.40. The van der Waals surface area contributed by atoms with E-state index in [-0.39, 0.29) is 6.04 Å². The Hall–Kier alpha value is -1.30. The Bertz CT molecular complexity index is 566. The number of rotatable bonds is 6. The van der Waals surface area contributed by atoms with Gasteiger partial charge in [-0.3, -0.25) is 9.89 Å². The zero-order chi connectivity index (χ0) is 18.2. The summed E-state index contributed by atoms with van der Waals surface area (Å²) in [5.41, 5.74) is 1.29. The van der Waals surface area contributed by atoms with E-state index in [1.807, 2.05) is 12.1 Å². The van der Waals surface area contributed by atoms with Crippen LogP contribution in [-0.2, 0) is 4.74 Å². The Morgan fingerprint density at radius 2 is 2.28 bits per heavy atom. The van der Waals surface area contributed by atoms with Crippen LogP contribution in [0.15, 0.2) is 29.3 Å². The maximum Gasteiger partial charge on any atom is 0.191 e. The molecule has 0 aliphatic carbocycles. The second kappa shape index (κ2) is 10.00. The Balaban J connectivity index is 2.02. The van der Waals surface area contributed by atoms with E-state index >= 15 is 0 Å². The van der Waals surface area contributed by atoms with E-state index in [1.165, 1.54) is 18.4 Å². The van der Waals surface area contributed by atoms with Gasteiger partial charge in [-0.1, -0.05) is 23.7 Å². The molecule has 2 rings (SSSR count). The quantitative estimate of drug-likeness (QED) is 0.600. The van der Waals surface area contributed by atoms with E-state index in [2.05, 4.69) is 46.6 Å². The number of nitrogens with one attached hydrogen (secondary N) is 2. The van der Waals surface area contributed by atoms with Gasteiger partial charge in [0.1, 0.15) is 0 Å². The number of benzene rings is 1. The molecule has 0 bridgehead atoms. The third-order valence-corrected chi connectivity index (χ3v) is 4.99. The van der Waals surface area contributed by atoms with Crippen molar-refractivity contribution in [3.8, 4) is 0 Å². The van der Waals surface area contributed by atoms with E-state index in [0.29, 0.717) is 18.6 Å². The summed E-state index contributed by atoms with van der Waals surface area (Å²) in [6.07, 6.45) is 2.41. The van der Waals surface area contributed by atoms with Gasteiger partial charge in [-0.25, -0.2) is 0 Å². The van der Waals surface area contributed by atoms with Crippen molar-refractivity contribution in [3.63, 3.8) is 0 Å². The van der Waals surface area contributed by atoms with Gasteiger partial charge in [0.25, 0.3) is 0 Å². The normalized spacial score (nSPS) is 23.3. The van der Waals surface area contributed by atoms with Crippen LogP contribution in [-0.4, -0.2) is 57.8 Å². The van der Waals surface area contributed by atoms with Gasteiger partial charge in [0.15, 0.2) is 5.96 Å². The minimum Gasteiger partial charge on any atom is -0.383 e. The molecular weight excluding hydrogens is 336 g/mol. The van der Waals surface area contributed by atoms with Gasteiger partial charge in [-0.05, 0) is 57.0 Å². The number of methoxy groups -OCH3 is 1. The fraction of sp³-hybridized carbons (Fsp3) is 0.632. The number of aliphatic imine (C=N–C) groups is 1. The lowest BCUT2D eigenvalue weighted by atomic mass is 9.85. The highest BCUT2D eigenvalue weighted by atomic mass is 35.5. The average Bonchev–Trinajstić information content (AvgIpc) is 2.58. The van der Waals surface area contributed by atoms with Crippen LogP contribution < -0.4 is 10.6 Å². The largest absolute Gasteiger partial charge is 0.383 e. The minimum atomic E-state index is 0.217. The standard InChI is InChI=1S/C19H31ClN4O/c1-14(13-25-4)23-19(21-2)22-12-16-8-6-10-24(3)18(16)15-7-5-9-17(20)11-15/h5,7,9,11,14,16,18H,6,8,10,12-13H2,1-4H3,(H2,21,22,23). The van der Waals surface area contributed by atoms with Gasteiger partial charge >= 0.3 is 0 Å². The highest BCUT2D eigenvalue weighted by Gasteiger charge is 2.30. The minimum absolute atomic E-state index is 0.217. The Morgan fingerprint density at radius 1 is 1.48 bits per heavy atom. The van der Waals surface area contributed by atoms with Gasteiger partial charge in [0.2, 0.25) is 0 Å². The predicted molar refractivity (Wildman–Crippen MR) is 105 cm³/mol. The van der Waals surface area contributed by atoms with Crippen LogP contribution in [0.4, 0.5) is 0 Å². The molecule has 1 heterocycles. The zero-order valence-corrected chi connectivity index (χ0v) is 16.5. The summed E-state index contributed by atoms with van der Waals surface area (Å²) in [5, 5.41) is 7.65. The first-order valence-electron chi connectivity index (χ1n) is 8.97. The molecule has 6 heteroatoms. The topological polar surface area (TPSA) is 48.9 Å². The predicted octanol–water partition coefficient (Wildman–Crippen LogP) is 2.92. The molecule has 3 unspecified atom stereocenters. The van der Waals surface area contributed by atoms with Crippen LogP contribution in [0.2, 0.25) is 5.02 Å². The van der Waals surface area contributed by atoms with Crippen molar-refractivity contribution in [1.82, 2.24) is 15.5 Å². The second-order valence-electron chi connectivity index (χ2n) is 6.84. The lowest BCUT2D eigenvalue weighted by molar-refractivity contribution is 0.122. The molecule has 0 amide bonds. The van der Waals surface area contributed by atoms with E-state index in [4.69, 9.17) is 16.3 Å². The van der Waals surface area contributed by atoms with Crippen molar-refractivity contribution in [1.29, 1.82) is 0 Å². The van der Waals surface area contributed by atoms with Crippen LogP contribution in [0.3, 0.4) is 0 Å². The molecular formula is C19H31ClN4O. The fourth-order valence-corrected chi connectivity index (χ4v) is 3.84. The fourth-order valence-electron chi connectivity index (χ4n) is 3.64. The maximum atomic E-state index is 6.22. The maximum absolute atomic E-state index is 6.22. The molecule has 0 aromatic heterocycles. The summed E-state index contributed by atoms with van der Waals surface area (Å²) >= 11 is 6.22. The molecule has 0 spiro atoms. The average molecular weight is 367 g/mol. The zero-order valence-electron chi connectivity index (χ0n) is 15.8. The molecule has 1 saturated heterocycles. The highest BCUT2D eigenvalue weighted by molar-refractivity contribution is 6.30. The van der Waals surface area contributed by atoms with Crippen molar-refractivity contribution < 1.29 is 4.74 Å². The molecule has 5 nitrogen and oxygen atoms in total. The molecule has 0 saturated carbocycles. The number of halogens is 1. The number of piperidine rings is 1. The number of ether oxygens (including phenoxy) is 1. The molecule has 1 aromatic rings. The van der Waals surface area contributed by atoms with Gasteiger partial charge in [-0.15, -0.1) is 0 Å². The summed E-state index contributed by atoms with van der Waals surface area (Å²) in [7, 11) is 5.71. The molecule has 25 heavy (non-hydrogen) atoms. The number of nitrogens with zero attached hydrogens (tertiary/aromatic N) is 2. The van der Waals surface area contributed by atoms with Crippen LogP contribution >= 0.6 is 11.6 Å². The molecule has 1 aliphatic heterocycles. The van der Waals surface area contributed by atoms with Gasteiger partial charge < -0.3 is 15.4 Å². The Kier molecular flexibility index (Phi) is 8.00. The summed E-state index contributed by atoms with van der Waals surface area (Å²) < 4.78 is 5.18. The van der Waals surface area contributed by atoms with Crippen LogP contribution in [0.25, 0.3) is 0 Å². The molecule has 140 valence electrons. The summed E-state index contributed by atoms with van der Waals surface area (Å²) in [4.78, 5) is 6.77. The first-order chi connectivity index (χ1) is 12.0. The van der Waals surface area contributed by atoms with Crippen LogP contribution in [0.5, 0.6) is 0 Å². The number of hydrogen-bond donors (Lipinski definition) is 2. The Morgan fingerprint density at radius 3 is 2.96 bits per heavy atom. The molecule has 2 N–H and O–H groups in total. The molecule has 1 fully saturated rings. The number of guanidine groups is 1. The van der Waals surface area contributed by atoms with E-state index in [1.54, 1.807) is 14.2 Å². The summed E-state index contributed by atoms with van der Waals surface area (Å²) in [6, 6.07) is 8.83. The van der Waals surface area contributed by atoms with Gasteiger partial charge in [0.05, 0.1) is 6.61 Å². The van der Waals surface area contributed by atoms with Crippen molar-refractivity contribution in [2.24, 2.45) is 10.9 Å². The second-order valence-corrected chi connectivity index (χ2v) is 7.27. The van der Waals surface area contributed by atoms with Gasteiger partial charge in [-0.2, -0.15) is 0 Å². The van der Waals surface area contributed by atoms with Crippen LogP contribution in [0.1, 0.15) is 31.4 Å². The first kappa shape index (κ1) is 20.0. The number of hydrogen-bond acceptors (Lipinski definition) is 3. The summed E-state index contributed by atoms with van der Waals surface area (Å²) in [5.74, 6) is 1.33. The molecule has 3 atom stereocenters. The molecule has 1 aliphatic rings.